The van der Waals surface area contributed by atoms with Crippen molar-refractivity contribution in [3.8, 4) is 5.75 Å². The number of ether oxygens (including phenoxy) is 1. The zero-order valence-corrected chi connectivity index (χ0v) is 17.7. The summed E-state index contributed by atoms with van der Waals surface area (Å²) in [5.41, 5.74) is 0.592. The molecule has 152 valence electrons. The maximum absolute atomic E-state index is 12.5. The van der Waals surface area contributed by atoms with E-state index in [9.17, 15) is 4.79 Å². The van der Waals surface area contributed by atoms with Crippen molar-refractivity contribution in [1.82, 2.24) is 15.1 Å². The highest BCUT2D eigenvalue weighted by Crippen LogP contribution is 2.28. The van der Waals surface area contributed by atoms with Gasteiger partial charge in [0.1, 0.15) is 5.75 Å². The van der Waals surface area contributed by atoms with E-state index in [2.05, 4.69) is 41.3 Å². The van der Waals surface area contributed by atoms with Crippen LogP contribution in [0.4, 0.5) is 10.5 Å². The van der Waals surface area contributed by atoms with Gasteiger partial charge in [-0.3, -0.25) is 4.90 Å². The number of rotatable bonds is 8. The quantitative estimate of drug-likeness (QED) is 0.705. The van der Waals surface area contributed by atoms with Gasteiger partial charge >= 0.3 is 6.03 Å². The van der Waals surface area contributed by atoms with Crippen molar-refractivity contribution in [1.29, 1.82) is 0 Å². The molecule has 0 spiro atoms. The number of carbonyl (C=O) groups is 1. The SMILES string of the molecule is CCCOc1ccc(Cl)cc1NC(=O)NCC(C(C)C)N1CCN(C)CC1. The molecule has 6 nitrogen and oxygen atoms in total. The molecule has 1 aliphatic heterocycles. The molecular formula is C20H33ClN4O2. The Morgan fingerprint density at radius 2 is 1.96 bits per heavy atom. The first-order valence-corrected chi connectivity index (χ1v) is 10.2. The second-order valence-electron chi connectivity index (χ2n) is 7.47. The summed E-state index contributed by atoms with van der Waals surface area (Å²) in [6.07, 6.45) is 0.898. The third-order valence-electron chi connectivity index (χ3n) is 4.90. The van der Waals surface area contributed by atoms with Crippen LogP contribution < -0.4 is 15.4 Å². The van der Waals surface area contributed by atoms with Crippen molar-refractivity contribution in [2.45, 2.75) is 33.2 Å². The average Bonchev–Trinajstić information content (AvgIpc) is 2.62. The van der Waals surface area contributed by atoms with Gasteiger partial charge < -0.3 is 20.3 Å². The van der Waals surface area contributed by atoms with Crippen LogP contribution in [0.1, 0.15) is 27.2 Å². The average molecular weight is 397 g/mol. The molecular weight excluding hydrogens is 364 g/mol. The summed E-state index contributed by atoms with van der Waals surface area (Å²) in [7, 11) is 2.15. The number of hydrogen-bond acceptors (Lipinski definition) is 4. The van der Waals surface area contributed by atoms with E-state index in [4.69, 9.17) is 16.3 Å². The Morgan fingerprint density at radius 3 is 2.59 bits per heavy atom. The Balaban J connectivity index is 1.93. The number of carbonyl (C=O) groups excluding carboxylic acids is 1. The van der Waals surface area contributed by atoms with Crippen LogP contribution in [0.2, 0.25) is 5.02 Å². The number of nitrogens with one attached hydrogen (secondary N) is 2. The lowest BCUT2D eigenvalue weighted by Gasteiger charge is -2.39. The fourth-order valence-corrected chi connectivity index (χ4v) is 3.41. The summed E-state index contributed by atoms with van der Waals surface area (Å²) in [5.74, 6) is 1.10. The van der Waals surface area contributed by atoms with Crippen LogP contribution in [-0.2, 0) is 0 Å². The second kappa shape index (κ2) is 10.7. The van der Waals surface area contributed by atoms with Gasteiger partial charge in [0.2, 0.25) is 0 Å². The molecule has 2 amide bonds. The highest BCUT2D eigenvalue weighted by Gasteiger charge is 2.25. The molecule has 1 aliphatic rings. The molecule has 0 aromatic heterocycles. The third kappa shape index (κ3) is 6.87. The normalized spacial score (nSPS) is 17.0. The maximum atomic E-state index is 12.5. The molecule has 2 rings (SSSR count). The van der Waals surface area contributed by atoms with Gasteiger partial charge in [-0.05, 0) is 37.6 Å². The number of halogens is 1. The number of hydrogen-bond donors (Lipinski definition) is 2. The largest absolute Gasteiger partial charge is 0.491 e. The highest BCUT2D eigenvalue weighted by molar-refractivity contribution is 6.31. The Bertz CT molecular complexity index is 604. The van der Waals surface area contributed by atoms with Gasteiger partial charge in [-0.2, -0.15) is 0 Å². The lowest BCUT2D eigenvalue weighted by molar-refractivity contribution is 0.0890. The summed E-state index contributed by atoms with van der Waals surface area (Å²) in [5, 5.41) is 6.46. The Kier molecular flexibility index (Phi) is 8.67. The fraction of sp³-hybridized carbons (Fsp3) is 0.650. The molecule has 0 radical (unpaired) electrons. The molecule has 1 atom stereocenters. The van der Waals surface area contributed by atoms with Crippen molar-refractivity contribution in [2.24, 2.45) is 5.92 Å². The Hall–Kier alpha value is -1.50. The third-order valence-corrected chi connectivity index (χ3v) is 5.13. The molecule has 2 N–H and O–H groups in total. The van der Waals surface area contributed by atoms with E-state index in [1.54, 1.807) is 18.2 Å². The Labute approximate surface area is 168 Å². The molecule has 1 aromatic rings. The van der Waals surface area contributed by atoms with Crippen molar-refractivity contribution >= 4 is 23.3 Å². The minimum absolute atomic E-state index is 0.238. The van der Waals surface area contributed by atoms with Crippen LogP contribution in [0.15, 0.2) is 18.2 Å². The van der Waals surface area contributed by atoms with E-state index in [0.717, 1.165) is 32.6 Å². The predicted molar refractivity (Wildman–Crippen MR) is 112 cm³/mol. The van der Waals surface area contributed by atoms with E-state index < -0.39 is 0 Å². The van der Waals surface area contributed by atoms with Gasteiger partial charge in [-0.1, -0.05) is 32.4 Å². The first-order chi connectivity index (χ1) is 12.9. The van der Waals surface area contributed by atoms with E-state index in [0.29, 0.717) is 41.6 Å². The zero-order valence-electron chi connectivity index (χ0n) is 16.9. The molecule has 1 aromatic carbocycles. The van der Waals surface area contributed by atoms with E-state index in [-0.39, 0.29) is 6.03 Å². The van der Waals surface area contributed by atoms with Crippen LogP contribution in [0, 0.1) is 5.92 Å². The molecule has 27 heavy (non-hydrogen) atoms. The lowest BCUT2D eigenvalue weighted by atomic mass is 10.0. The number of piperazine rings is 1. The van der Waals surface area contributed by atoms with Crippen molar-refractivity contribution in [3.63, 3.8) is 0 Å². The number of likely N-dealkylation sites (N-methyl/N-ethyl adjacent to an activating group) is 1. The van der Waals surface area contributed by atoms with Gasteiger partial charge in [0, 0.05) is 43.8 Å². The van der Waals surface area contributed by atoms with Crippen molar-refractivity contribution < 1.29 is 9.53 Å². The summed E-state index contributed by atoms with van der Waals surface area (Å²) in [4.78, 5) is 17.3. The summed E-state index contributed by atoms with van der Waals surface area (Å²) in [6, 6.07) is 5.34. The van der Waals surface area contributed by atoms with Gasteiger partial charge in [-0.25, -0.2) is 4.79 Å². The zero-order chi connectivity index (χ0) is 19.8. The monoisotopic (exact) mass is 396 g/mol. The standard InChI is InChI=1S/C20H33ClN4O2/c1-5-12-27-19-7-6-16(21)13-17(19)23-20(26)22-14-18(15(2)3)25-10-8-24(4)9-11-25/h6-7,13,15,18H,5,8-12,14H2,1-4H3,(H2,22,23,26). The van der Waals surface area contributed by atoms with Crippen LogP contribution >= 0.6 is 11.6 Å². The molecule has 1 unspecified atom stereocenters. The van der Waals surface area contributed by atoms with Crippen LogP contribution in [0.3, 0.4) is 0 Å². The van der Waals surface area contributed by atoms with E-state index in [1.807, 2.05) is 6.92 Å². The number of urea groups is 1. The van der Waals surface area contributed by atoms with Gasteiger partial charge in [0.25, 0.3) is 0 Å². The van der Waals surface area contributed by atoms with Crippen molar-refractivity contribution in [3.05, 3.63) is 23.2 Å². The fourth-order valence-electron chi connectivity index (χ4n) is 3.24. The topological polar surface area (TPSA) is 56.8 Å². The maximum Gasteiger partial charge on any atom is 0.319 e. The molecule has 1 heterocycles. The lowest BCUT2D eigenvalue weighted by Crippen LogP contribution is -2.54. The predicted octanol–water partition coefficient (Wildman–Crippen LogP) is 3.52. The number of anilines is 1. The molecule has 0 aliphatic carbocycles. The molecule has 0 saturated carbocycles. The first kappa shape index (κ1) is 21.8. The van der Waals surface area contributed by atoms with Crippen LogP contribution in [0.25, 0.3) is 0 Å². The molecule has 0 bridgehead atoms. The van der Waals surface area contributed by atoms with Gasteiger partial charge in [0.05, 0.1) is 12.3 Å². The smallest absolute Gasteiger partial charge is 0.319 e. The minimum Gasteiger partial charge on any atom is -0.491 e. The summed E-state index contributed by atoms with van der Waals surface area (Å²) in [6.45, 7) is 11.9. The summed E-state index contributed by atoms with van der Waals surface area (Å²) >= 11 is 6.08. The number of amides is 2. The molecule has 1 fully saturated rings. The minimum atomic E-state index is -0.238. The molecule has 7 heteroatoms. The van der Waals surface area contributed by atoms with Gasteiger partial charge in [-0.15, -0.1) is 0 Å². The Morgan fingerprint density at radius 1 is 1.26 bits per heavy atom. The van der Waals surface area contributed by atoms with Crippen LogP contribution in [-0.4, -0.2) is 68.3 Å². The number of nitrogens with zero attached hydrogens (tertiary/aromatic N) is 2. The van der Waals surface area contributed by atoms with Crippen molar-refractivity contribution in [2.75, 3.05) is 51.7 Å². The van der Waals surface area contributed by atoms with E-state index >= 15 is 0 Å². The van der Waals surface area contributed by atoms with Crippen LogP contribution in [0.5, 0.6) is 5.75 Å². The van der Waals surface area contributed by atoms with E-state index in [1.165, 1.54) is 0 Å². The first-order valence-electron chi connectivity index (χ1n) is 9.80. The number of benzene rings is 1. The second-order valence-corrected chi connectivity index (χ2v) is 7.91. The molecule has 1 saturated heterocycles. The highest BCUT2D eigenvalue weighted by atomic mass is 35.5. The summed E-state index contributed by atoms with van der Waals surface area (Å²) < 4.78 is 5.70. The van der Waals surface area contributed by atoms with Gasteiger partial charge in [0.15, 0.2) is 0 Å².